The Morgan fingerprint density at radius 3 is 2.45 bits per heavy atom. The summed E-state index contributed by atoms with van der Waals surface area (Å²) in [5.74, 6) is 1.48. The molecule has 6 nitrogen and oxygen atoms in total. The van der Waals surface area contributed by atoms with Crippen LogP contribution in [0.2, 0.25) is 0 Å². The van der Waals surface area contributed by atoms with Gasteiger partial charge in [0.1, 0.15) is 17.2 Å². The van der Waals surface area contributed by atoms with Crippen molar-refractivity contribution in [2.24, 2.45) is 4.99 Å². The van der Waals surface area contributed by atoms with Crippen LogP contribution >= 0.6 is 0 Å². The minimum absolute atomic E-state index is 0.00446. The molecule has 1 aliphatic carbocycles. The van der Waals surface area contributed by atoms with E-state index in [0.29, 0.717) is 11.4 Å². The third kappa shape index (κ3) is 3.26. The number of aliphatic imine (C=N–C) groups is 1. The van der Waals surface area contributed by atoms with Crippen molar-refractivity contribution in [3.05, 3.63) is 59.9 Å². The van der Waals surface area contributed by atoms with E-state index in [2.05, 4.69) is 9.55 Å². The number of nitrogens with zero attached hydrogens (tertiary/aromatic N) is 4. The lowest BCUT2D eigenvalue weighted by Gasteiger charge is -2.29. The van der Waals surface area contributed by atoms with E-state index in [-0.39, 0.29) is 18.2 Å². The third-order valence-corrected chi connectivity index (χ3v) is 6.57. The summed E-state index contributed by atoms with van der Waals surface area (Å²) >= 11 is 0. The Balaban J connectivity index is 1.36. The second-order valence-electron chi connectivity index (χ2n) is 8.60. The molecule has 5 rings (SSSR count). The molecule has 0 atom stereocenters. The zero-order valence-corrected chi connectivity index (χ0v) is 18.0. The van der Waals surface area contributed by atoms with E-state index in [1.54, 1.807) is 4.90 Å². The van der Waals surface area contributed by atoms with Gasteiger partial charge in [-0.25, -0.2) is 4.98 Å². The summed E-state index contributed by atoms with van der Waals surface area (Å²) in [4.78, 5) is 36.9. The van der Waals surface area contributed by atoms with E-state index in [0.717, 1.165) is 54.6 Å². The summed E-state index contributed by atoms with van der Waals surface area (Å²) in [6.07, 6.45) is 4.78. The van der Waals surface area contributed by atoms with Crippen molar-refractivity contribution >= 4 is 28.6 Å². The topological polar surface area (TPSA) is 67.6 Å². The maximum Gasteiger partial charge on any atom is 0.256 e. The molecule has 2 aliphatic rings. The molecule has 0 N–H and O–H groups in total. The highest BCUT2D eigenvalue weighted by Gasteiger charge is 2.47. The quantitative estimate of drug-likeness (QED) is 0.591. The number of amides is 1. The summed E-state index contributed by atoms with van der Waals surface area (Å²) in [5, 5.41) is 0. The molecule has 1 aliphatic heterocycles. The zero-order valence-electron chi connectivity index (χ0n) is 18.0. The number of benzene rings is 2. The van der Waals surface area contributed by atoms with Crippen molar-refractivity contribution in [1.29, 1.82) is 0 Å². The largest absolute Gasteiger partial charge is 0.297 e. The smallest absolute Gasteiger partial charge is 0.256 e. The molecule has 1 fully saturated rings. The van der Waals surface area contributed by atoms with Crippen LogP contribution in [-0.2, 0) is 4.79 Å². The maximum atomic E-state index is 13.1. The number of aromatic nitrogens is 2. The van der Waals surface area contributed by atoms with Crippen molar-refractivity contribution in [2.75, 3.05) is 6.54 Å². The van der Waals surface area contributed by atoms with Crippen molar-refractivity contribution in [3.63, 3.8) is 0 Å². The van der Waals surface area contributed by atoms with E-state index in [1.165, 1.54) is 0 Å². The van der Waals surface area contributed by atoms with Gasteiger partial charge in [0.2, 0.25) is 0 Å². The molecule has 1 amide bonds. The number of fused-ring (bicyclic) bond motifs is 1. The van der Waals surface area contributed by atoms with Crippen LogP contribution in [0.3, 0.4) is 0 Å². The Labute approximate surface area is 181 Å². The molecule has 1 saturated carbocycles. The lowest BCUT2D eigenvalue weighted by molar-refractivity contribution is -0.131. The van der Waals surface area contributed by atoms with E-state index in [9.17, 15) is 9.59 Å². The monoisotopic (exact) mass is 414 g/mol. The lowest BCUT2D eigenvalue weighted by Crippen LogP contribution is -2.45. The van der Waals surface area contributed by atoms with Gasteiger partial charge in [0, 0.05) is 11.3 Å². The van der Waals surface area contributed by atoms with Crippen molar-refractivity contribution < 1.29 is 9.59 Å². The first-order chi connectivity index (χ1) is 15.0. The molecule has 0 saturated heterocycles. The first-order valence-corrected chi connectivity index (χ1v) is 10.9. The van der Waals surface area contributed by atoms with Gasteiger partial charge in [-0.05, 0) is 63.1 Å². The highest BCUT2D eigenvalue weighted by molar-refractivity contribution is 6.11. The molecule has 0 unspecified atom stereocenters. The number of para-hydroxylation sites is 2. The lowest BCUT2D eigenvalue weighted by atomic mass is 9.82. The van der Waals surface area contributed by atoms with Gasteiger partial charge >= 0.3 is 0 Å². The second kappa shape index (κ2) is 7.45. The van der Waals surface area contributed by atoms with E-state index >= 15 is 0 Å². The fourth-order valence-corrected chi connectivity index (χ4v) is 4.97. The van der Waals surface area contributed by atoms with Gasteiger partial charge in [-0.1, -0.05) is 31.4 Å². The minimum Gasteiger partial charge on any atom is -0.297 e. The van der Waals surface area contributed by atoms with Crippen LogP contribution in [-0.4, -0.2) is 44.1 Å². The summed E-state index contributed by atoms with van der Waals surface area (Å²) in [6.45, 7) is 3.86. The molecular formula is C25H26N4O2. The van der Waals surface area contributed by atoms with Gasteiger partial charge in [-0.15, -0.1) is 0 Å². The summed E-state index contributed by atoms with van der Waals surface area (Å²) in [6, 6.07) is 15.5. The Morgan fingerprint density at radius 1 is 1.00 bits per heavy atom. The predicted octanol–water partition coefficient (Wildman–Crippen LogP) is 4.48. The van der Waals surface area contributed by atoms with Crippen LogP contribution in [0.25, 0.3) is 16.7 Å². The molecule has 158 valence electrons. The van der Waals surface area contributed by atoms with Gasteiger partial charge in [0.15, 0.2) is 5.78 Å². The van der Waals surface area contributed by atoms with Gasteiger partial charge in [-0.3, -0.25) is 24.0 Å². The Hall–Kier alpha value is -3.28. The Morgan fingerprint density at radius 2 is 1.71 bits per heavy atom. The standard InChI is InChI=1S/C25H26N4O2/c1-17-26-21-8-4-5-9-22(21)29(17)20-12-10-19(11-13-20)23(30)16-28-18(2)27-25(24(28)31)14-6-3-7-15-25/h4-5,8-13H,3,6-7,14-16H2,1-2H3. The molecule has 0 radical (unpaired) electrons. The van der Waals surface area contributed by atoms with Gasteiger partial charge in [-0.2, -0.15) is 0 Å². The molecule has 1 aromatic heterocycles. The average molecular weight is 415 g/mol. The molecule has 0 bridgehead atoms. The summed E-state index contributed by atoms with van der Waals surface area (Å²) in [5.41, 5.74) is 2.91. The SMILES string of the molecule is CC1=NC2(CCCCC2)C(=O)N1CC(=O)c1ccc(-n2c(C)nc3ccccc32)cc1. The summed E-state index contributed by atoms with van der Waals surface area (Å²) < 4.78 is 2.08. The Kier molecular flexibility index (Phi) is 4.73. The number of hydrogen-bond acceptors (Lipinski definition) is 4. The first-order valence-electron chi connectivity index (χ1n) is 10.9. The number of rotatable bonds is 4. The zero-order chi connectivity index (χ0) is 21.6. The van der Waals surface area contributed by atoms with Crippen LogP contribution in [0, 0.1) is 6.92 Å². The third-order valence-electron chi connectivity index (χ3n) is 6.57. The van der Waals surface area contributed by atoms with Crippen molar-refractivity contribution in [1.82, 2.24) is 14.5 Å². The fourth-order valence-electron chi connectivity index (χ4n) is 4.97. The van der Waals surface area contributed by atoms with Gasteiger partial charge in [0.05, 0.1) is 17.6 Å². The number of imidazole rings is 1. The van der Waals surface area contributed by atoms with Crippen LogP contribution in [0.15, 0.2) is 53.5 Å². The fraction of sp³-hybridized carbons (Fsp3) is 0.360. The van der Waals surface area contributed by atoms with E-state index in [4.69, 9.17) is 4.99 Å². The maximum absolute atomic E-state index is 13.1. The number of carbonyl (C=O) groups excluding carboxylic acids is 2. The normalized spacial score (nSPS) is 18.1. The molecule has 6 heteroatoms. The highest BCUT2D eigenvalue weighted by atomic mass is 16.2. The number of aryl methyl sites for hydroxylation is 1. The number of amidine groups is 1. The first kappa shape index (κ1) is 19.7. The number of ketones is 1. The second-order valence-corrected chi connectivity index (χ2v) is 8.60. The van der Waals surface area contributed by atoms with Gasteiger partial charge in [0.25, 0.3) is 5.91 Å². The number of hydrogen-bond donors (Lipinski definition) is 0. The highest BCUT2D eigenvalue weighted by Crippen LogP contribution is 2.37. The van der Waals surface area contributed by atoms with Crippen LogP contribution in [0.4, 0.5) is 0 Å². The molecule has 31 heavy (non-hydrogen) atoms. The van der Waals surface area contributed by atoms with Crippen LogP contribution in [0.1, 0.15) is 55.2 Å². The number of Topliss-reactive ketones (excluding diaryl/α,β-unsaturated/α-hetero) is 1. The molecule has 3 aromatic rings. The average Bonchev–Trinajstić information content (AvgIpc) is 3.23. The Bertz CT molecular complexity index is 1200. The van der Waals surface area contributed by atoms with Crippen molar-refractivity contribution in [2.45, 2.75) is 51.5 Å². The molecule has 2 aromatic carbocycles. The van der Waals surface area contributed by atoms with Crippen LogP contribution < -0.4 is 0 Å². The number of carbonyl (C=O) groups is 2. The summed E-state index contributed by atoms with van der Waals surface area (Å²) in [7, 11) is 0. The predicted molar refractivity (Wildman–Crippen MR) is 121 cm³/mol. The molecule has 1 spiro atoms. The van der Waals surface area contributed by atoms with Crippen LogP contribution in [0.5, 0.6) is 0 Å². The van der Waals surface area contributed by atoms with E-state index in [1.807, 2.05) is 62.4 Å². The van der Waals surface area contributed by atoms with Gasteiger partial charge < -0.3 is 0 Å². The molecular weight excluding hydrogens is 388 g/mol. The van der Waals surface area contributed by atoms with E-state index < -0.39 is 5.54 Å². The van der Waals surface area contributed by atoms with Crippen molar-refractivity contribution in [3.8, 4) is 5.69 Å². The minimum atomic E-state index is -0.619. The molecule has 2 heterocycles.